The lowest BCUT2D eigenvalue weighted by molar-refractivity contribution is -0.139. The highest BCUT2D eigenvalue weighted by atomic mass is 16.6. The molecule has 6 heteroatoms. The molecule has 1 N–H and O–H groups in total. The smallest absolute Gasteiger partial charge is 0.342 e. The van der Waals surface area contributed by atoms with Crippen LogP contribution >= 0.6 is 0 Å². The van der Waals surface area contributed by atoms with E-state index in [9.17, 15) is 9.59 Å². The van der Waals surface area contributed by atoms with Gasteiger partial charge >= 0.3 is 11.9 Å². The average Bonchev–Trinajstić information content (AvgIpc) is 2.82. The Bertz CT molecular complexity index is 779. The molecule has 0 bridgehead atoms. The van der Waals surface area contributed by atoms with Crippen LogP contribution in [0.3, 0.4) is 0 Å². The number of aryl methyl sites for hydroxylation is 2. The quantitative estimate of drug-likeness (QED) is 0.839. The Hall–Kier alpha value is -2.76. The largest absolute Gasteiger partial charge is 0.481 e. The summed E-state index contributed by atoms with van der Waals surface area (Å²) >= 11 is 0. The van der Waals surface area contributed by atoms with Gasteiger partial charge in [0.25, 0.3) is 0 Å². The highest BCUT2D eigenvalue weighted by Crippen LogP contribution is 2.27. The molecule has 134 valence electrons. The molecule has 25 heavy (non-hydrogen) atoms. The fourth-order valence-electron chi connectivity index (χ4n) is 2.49. The number of carbonyl (C=O) groups is 2. The van der Waals surface area contributed by atoms with E-state index in [1.54, 1.807) is 39.0 Å². The molecule has 1 heterocycles. The Morgan fingerprint density at radius 2 is 1.68 bits per heavy atom. The average molecular weight is 345 g/mol. The number of esters is 1. The van der Waals surface area contributed by atoms with Crippen LogP contribution in [0.2, 0.25) is 0 Å². The third-order valence-electron chi connectivity index (χ3n) is 3.46. The van der Waals surface area contributed by atoms with Gasteiger partial charge in [0.15, 0.2) is 6.61 Å². The van der Waals surface area contributed by atoms with Gasteiger partial charge in [-0.15, -0.1) is 0 Å². The standard InChI is InChI=1S/C19H23NO5/c1-12-6-7-13(2)20(12)14-8-9-16(24-11-17(21)22)15(10-14)18(23)25-19(3,4)5/h6-10H,11H2,1-5H3,(H,21,22). The first-order chi connectivity index (χ1) is 11.6. The van der Waals surface area contributed by atoms with E-state index in [0.717, 1.165) is 17.1 Å². The molecule has 1 aromatic carbocycles. The van der Waals surface area contributed by atoms with Gasteiger partial charge in [-0.3, -0.25) is 0 Å². The number of carboxylic acids is 1. The van der Waals surface area contributed by atoms with E-state index in [1.165, 1.54) is 0 Å². The van der Waals surface area contributed by atoms with Crippen molar-refractivity contribution in [3.63, 3.8) is 0 Å². The maximum atomic E-state index is 12.6. The number of aliphatic carboxylic acids is 1. The predicted octanol–water partition coefficient (Wildman–Crippen LogP) is 3.51. The minimum absolute atomic E-state index is 0.183. The van der Waals surface area contributed by atoms with Gasteiger partial charge in [0.05, 0.1) is 0 Å². The van der Waals surface area contributed by atoms with E-state index in [-0.39, 0.29) is 11.3 Å². The van der Waals surface area contributed by atoms with Crippen LogP contribution in [0.5, 0.6) is 5.75 Å². The molecule has 0 atom stereocenters. The summed E-state index contributed by atoms with van der Waals surface area (Å²) in [6, 6.07) is 9.00. The van der Waals surface area contributed by atoms with Crippen LogP contribution in [0.4, 0.5) is 0 Å². The Balaban J connectivity index is 2.48. The highest BCUT2D eigenvalue weighted by molar-refractivity contribution is 5.93. The first-order valence-corrected chi connectivity index (χ1v) is 7.96. The van der Waals surface area contributed by atoms with E-state index in [1.807, 2.05) is 30.5 Å². The second-order valence-electron chi connectivity index (χ2n) is 6.82. The van der Waals surface area contributed by atoms with Gasteiger partial charge in [-0.05, 0) is 65.0 Å². The molecule has 0 radical (unpaired) electrons. The third-order valence-corrected chi connectivity index (χ3v) is 3.46. The number of hydrogen-bond donors (Lipinski definition) is 1. The Labute approximate surface area is 147 Å². The zero-order valence-corrected chi connectivity index (χ0v) is 15.1. The van der Waals surface area contributed by atoms with E-state index in [2.05, 4.69) is 0 Å². The van der Waals surface area contributed by atoms with Crippen LogP contribution < -0.4 is 4.74 Å². The second kappa shape index (κ2) is 7.01. The molecular formula is C19H23NO5. The number of rotatable bonds is 5. The number of hydrogen-bond acceptors (Lipinski definition) is 4. The Morgan fingerprint density at radius 1 is 1.08 bits per heavy atom. The van der Waals surface area contributed by atoms with Crippen LogP contribution in [0.25, 0.3) is 5.69 Å². The number of benzene rings is 1. The van der Waals surface area contributed by atoms with Crippen molar-refractivity contribution < 1.29 is 24.2 Å². The molecule has 0 fully saturated rings. The van der Waals surface area contributed by atoms with Gasteiger partial charge in [-0.2, -0.15) is 0 Å². The van der Waals surface area contributed by atoms with Crippen molar-refractivity contribution >= 4 is 11.9 Å². The molecule has 0 aliphatic rings. The zero-order valence-electron chi connectivity index (χ0n) is 15.1. The molecule has 0 aliphatic carbocycles. The van der Waals surface area contributed by atoms with Crippen LogP contribution in [0, 0.1) is 13.8 Å². The van der Waals surface area contributed by atoms with Crippen molar-refractivity contribution in [2.24, 2.45) is 0 Å². The van der Waals surface area contributed by atoms with Crippen LogP contribution in [-0.4, -0.2) is 33.8 Å². The van der Waals surface area contributed by atoms with E-state index < -0.39 is 24.1 Å². The number of carboxylic acid groups (broad SMARTS) is 1. The van der Waals surface area contributed by atoms with Gasteiger partial charge in [-0.25, -0.2) is 9.59 Å². The molecule has 0 aliphatic heterocycles. The molecule has 0 saturated carbocycles. The molecule has 2 aromatic rings. The van der Waals surface area contributed by atoms with E-state index in [4.69, 9.17) is 14.6 Å². The van der Waals surface area contributed by atoms with Crippen molar-refractivity contribution in [3.8, 4) is 11.4 Å². The van der Waals surface area contributed by atoms with Gasteiger partial charge in [0.2, 0.25) is 0 Å². The number of nitrogens with zero attached hydrogens (tertiary/aromatic N) is 1. The molecule has 1 aromatic heterocycles. The fraction of sp³-hybridized carbons (Fsp3) is 0.368. The Kier molecular flexibility index (Phi) is 5.21. The molecule has 0 spiro atoms. The molecular weight excluding hydrogens is 322 g/mol. The summed E-state index contributed by atoms with van der Waals surface area (Å²) in [5.74, 6) is -1.49. The molecule has 2 rings (SSSR count). The highest BCUT2D eigenvalue weighted by Gasteiger charge is 2.22. The normalized spacial score (nSPS) is 11.2. The summed E-state index contributed by atoms with van der Waals surface area (Å²) in [7, 11) is 0. The summed E-state index contributed by atoms with van der Waals surface area (Å²) in [5, 5.41) is 8.82. The predicted molar refractivity (Wildman–Crippen MR) is 93.5 cm³/mol. The van der Waals surface area contributed by atoms with Crippen molar-refractivity contribution in [1.29, 1.82) is 0 Å². The number of aromatic nitrogens is 1. The SMILES string of the molecule is Cc1ccc(C)n1-c1ccc(OCC(=O)O)c(C(=O)OC(C)(C)C)c1. The lowest BCUT2D eigenvalue weighted by atomic mass is 10.1. The van der Waals surface area contributed by atoms with Crippen molar-refractivity contribution in [2.45, 2.75) is 40.2 Å². The summed E-state index contributed by atoms with van der Waals surface area (Å²) in [5.41, 5.74) is 2.35. The third kappa shape index (κ3) is 4.62. The first kappa shape index (κ1) is 18.6. The summed E-state index contributed by atoms with van der Waals surface area (Å²) in [6.45, 7) is 8.72. The monoisotopic (exact) mass is 345 g/mol. The number of ether oxygens (including phenoxy) is 2. The molecule has 0 unspecified atom stereocenters. The summed E-state index contributed by atoms with van der Waals surface area (Å²) in [6.07, 6.45) is 0. The van der Waals surface area contributed by atoms with Crippen LogP contribution in [0.1, 0.15) is 42.5 Å². The second-order valence-corrected chi connectivity index (χ2v) is 6.82. The van der Waals surface area contributed by atoms with Gasteiger partial charge in [0.1, 0.15) is 16.9 Å². The molecule has 6 nitrogen and oxygen atoms in total. The van der Waals surface area contributed by atoms with E-state index in [0.29, 0.717) is 0 Å². The van der Waals surface area contributed by atoms with E-state index >= 15 is 0 Å². The lowest BCUT2D eigenvalue weighted by Gasteiger charge is -2.21. The Morgan fingerprint density at radius 3 is 2.20 bits per heavy atom. The molecule has 0 saturated heterocycles. The topological polar surface area (TPSA) is 77.8 Å². The van der Waals surface area contributed by atoms with Gasteiger partial charge < -0.3 is 19.1 Å². The molecule has 0 amide bonds. The van der Waals surface area contributed by atoms with Crippen molar-refractivity contribution in [1.82, 2.24) is 4.57 Å². The lowest BCUT2D eigenvalue weighted by Crippen LogP contribution is -2.24. The maximum absolute atomic E-state index is 12.6. The van der Waals surface area contributed by atoms with Crippen LogP contribution in [-0.2, 0) is 9.53 Å². The number of carbonyl (C=O) groups excluding carboxylic acids is 1. The van der Waals surface area contributed by atoms with Crippen LogP contribution in [0.15, 0.2) is 30.3 Å². The minimum Gasteiger partial charge on any atom is -0.481 e. The summed E-state index contributed by atoms with van der Waals surface area (Å²) in [4.78, 5) is 23.3. The minimum atomic E-state index is -1.11. The first-order valence-electron chi connectivity index (χ1n) is 7.96. The van der Waals surface area contributed by atoms with Crippen molar-refractivity contribution in [3.05, 3.63) is 47.3 Å². The zero-order chi connectivity index (χ0) is 18.8. The van der Waals surface area contributed by atoms with Gasteiger partial charge in [0, 0.05) is 17.1 Å². The van der Waals surface area contributed by atoms with Crippen molar-refractivity contribution in [2.75, 3.05) is 6.61 Å². The summed E-state index contributed by atoms with van der Waals surface area (Å²) < 4.78 is 12.7. The maximum Gasteiger partial charge on any atom is 0.342 e. The van der Waals surface area contributed by atoms with Gasteiger partial charge in [-0.1, -0.05) is 0 Å². The fourth-order valence-corrected chi connectivity index (χ4v) is 2.49.